The minimum atomic E-state index is -2.75. The Morgan fingerprint density at radius 1 is 1.19 bits per heavy atom. The summed E-state index contributed by atoms with van der Waals surface area (Å²) in [5, 5.41) is 3.05. The lowest BCUT2D eigenvalue weighted by Gasteiger charge is -2.30. The van der Waals surface area contributed by atoms with E-state index in [1.807, 2.05) is 42.2 Å². The fourth-order valence-corrected chi connectivity index (χ4v) is 6.38. The molecule has 5 rings (SSSR count). The van der Waals surface area contributed by atoms with Crippen molar-refractivity contribution in [2.45, 2.75) is 56.4 Å². The molecule has 37 heavy (non-hydrogen) atoms. The maximum Gasteiger partial charge on any atom is 0.322 e. The summed E-state index contributed by atoms with van der Waals surface area (Å²) in [7, 11) is -1.14. The number of carbonyl (C=O) groups is 1. The Kier molecular flexibility index (Phi) is 6.87. The molecule has 0 bridgehead atoms. The van der Waals surface area contributed by atoms with E-state index < -0.39 is 10.6 Å². The van der Waals surface area contributed by atoms with Crippen LogP contribution in [0.1, 0.15) is 50.9 Å². The number of benzene rings is 1. The average molecular weight is 525 g/mol. The Morgan fingerprint density at radius 2 is 1.92 bits per heavy atom. The van der Waals surface area contributed by atoms with E-state index in [2.05, 4.69) is 10.3 Å². The van der Waals surface area contributed by atoms with Crippen molar-refractivity contribution in [3.63, 3.8) is 0 Å². The fraction of sp³-hybridized carbons (Fsp3) is 0.393. The first-order chi connectivity index (χ1) is 17.8. The van der Waals surface area contributed by atoms with Crippen molar-refractivity contribution in [3.05, 3.63) is 65.5 Å². The molecule has 0 radical (unpaired) electrons. The SMILES string of the molecule is CCS(O)(O)c1ccc(CNC(=O)N2CC3(CCCC3)c3nc(-c4cnc(OC)cc4C)ccc32)cc1.[HH]. The van der Waals surface area contributed by atoms with Gasteiger partial charge in [0.2, 0.25) is 5.88 Å². The van der Waals surface area contributed by atoms with E-state index in [0.717, 1.165) is 59.4 Å². The van der Waals surface area contributed by atoms with Gasteiger partial charge in [-0.05, 0) is 62.1 Å². The maximum atomic E-state index is 13.4. The van der Waals surface area contributed by atoms with Gasteiger partial charge >= 0.3 is 6.03 Å². The van der Waals surface area contributed by atoms with Crippen LogP contribution in [-0.2, 0) is 12.0 Å². The number of nitrogens with one attached hydrogen (secondary N) is 1. The van der Waals surface area contributed by atoms with Gasteiger partial charge < -0.3 is 10.1 Å². The monoisotopic (exact) mass is 524 g/mol. The highest BCUT2D eigenvalue weighted by atomic mass is 32.3. The van der Waals surface area contributed by atoms with E-state index in [0.29, 0.717) is 23.9 Å². The van der Waals surface area contributed by atoms with Crippen LogP contribution in [0, 0.1) is 6.92 Å². The summed E-state index contributed by atoms with van der Waals surface area (Å²) in [5.74, 6) is 0.856. The predicted octanol–water partition coefficient (Wildman–Crippen LogP) is 6.38. The van der Waals surface area contributed by atoms with Crippen LogP contribution >= 0.6 is 10.6 Å². The Balaban J connectivity index is 0.00000336. The van der Waals surface area contributed by atoms with Crippen molar-refractivity contribution >= 4 is 22.3 Å². The Labute approximate surface area is 220 Å². The first-order valence-corrected chi connectivity index (χ1v) is 14.4. The molecule has 1 spiro atoms. The van der Waals surface area contributed by atoms with Gasteiger partial charge in [0.1, 0.15) is 0 Å². The standard InChI is InChI=1S/C28H34N4O4S.H2/c1-4-37(34,35)21-9-7-20(8-10-21)16-30-27(33)32-18-28(13-5-6-14-28)26-24(32)12-11-23(31-26)22-17-29-25(36-3)15-19(22)2;/h7-12,15,17,34-35H,4-6,13-14,16,18H2,1-3H3,(H,30,33);1H. The number of urea groups is 1. The van der Waals surface area contributed by atoms with Gasteiger partial charge in [-0.15, -0.1) is 0 Å². The number of aryl methyl sites for hydroxylation is 1. The zero-order valence-corrected chi connectivity index (χ0v) is 22.3. The number of hydrogen-bond donors (Lipinski definition) is 3. The molecule has 2 amide bonds. The summed E-state index contributed by atoms with van der Waals surface area (Å²) < 4.78 is 25.5. The van der Waals surface area contributed by atoms with Crippen LogP contribution in [0.25, 0.3) is 11.3 Å². The average Bonchev–Trinajstić information content (AvgIpc) is 3.52. The van der Waals surface area contributed by atoms with Crippen LogP contribution in [0.15, 0.2) is 53.6 Å². The van der Waals surface area contributed by atoms with Crippen LogP contribution in [0.5, 0.6) is 5.88 Å². The molecule has 1 aliphatic carbocycles. The molecule has 3 heterocycles. The molecule has 0 atom stereocenters. The quantitative estimate of drug-likeness (QED) is 0.345. The largest absolute Gasteiger partial charge is 0.481 e. The van der Waals surface area contributed by atoms with E-state index in [-0.39, 0.29) is 18.6 Å². The normalized spacial score (nSPS) is 16.6. The number of hydrogen-bond acceptors (Lipinski definition) is 6. The molecule has 1 aromatic carbocycles. The number of aromatic nitrogens is 2. The molecule has 0 unspecified atom stereocenters. The Bertz CT molecular complexity index is 1310. The van der Waals surface area contributed by atoms with Crippen molar-refractivity contribution in [3.8, 4) is 17.1 Å². The Morgan fingerprint density at radius 3 is 2.57 bits per heavy atom. The molecule has 8 nitrogen and oxygen atoms in total. The van der Waals surface area contributed by atoms with Crippen LogP contribution in [0.4, 0.5) is 10.5 Å². The van der Waals surface area contributed by atoms with Crippen molar-refractivity contribution < 1.29 is 20.1 Å². The van der Waals surface area contributed by atoms with E-state index >= 15 is 0 Å². The van der Waals surface area contributed by atoms with Crippen molar-refractivity contribution in [2.24, 2.45) is 0 Å². The molecule has 198 valence electrons. The molecule has 1 fully saturated rings. The molecular weight excluding hydrogens is 488 g/mol. The summed E-state index contributed by atoms with van der Waals surface area (Å²) in [4.78, 5) is 25.2. The molecular formula is C28H36N4O4S. The summed E-state index contributed by atoms with van der Waals surface area (Å²) >= 11 is 0. The minimum absolute atomic E-state index is 0. The lowest BCUT2D eigenvalue weighted by atomic mass is 9.84. The number of ether oxygens (including phenoxy) is 1. The van der Waals surface area contributed by atoms with E-state index in [1.54, 1.807) is 32.4 Å². The number of pyridine rings is 2. The number of methoxy groups -OCH3 is 1. The van der Waals surface area contributed by atoms with Crippen LogP contribution in [-0.4, -0.2) is 44.5 Å². The molecule has 2 aromatic heterocycles. The lowest BCUT2D eigenvalue weighted by molar-refractivity contribution is 0.245. The molecule has 1 aliphatic heterocycles. The second-order valence-electron chi connectivity index (χ2n) is 9.94. The number of carbonyl (C=O) groups excluding carboxylic acids is 1. The van der Waals surface area contributed by atoms with Crippen LogP contribution < -0.4 is 15.0 Å². The zero-order chi connectivity index (χ0) is 26.2. The van der Waals surface area contributed by atoms with Gasteiger partial charge in [0.05, 0.1) is 29.1 Å². The Hall–Kier alpha value is -3.14. The second kappa shape index (κ2) is 9.96. The molecule has 2 aliphatic rings. The van der Waals surface area contributed by atoms with E-state index in [9.17, 15) is 13.9 Å². The molecule has 3 aromatic rings. The van der Waals surface area contributed by atoms with Gasteiger partial charge in [0, 0.05) is 43.5 Å². The third kappa shape index (κ3) is 4.79. The number of anilines is 1. The van der Waals surface area contributed by atoms with Crippen molar-refractivity contribution in [2.75, 3.05) is 24.3 Å². The number of amides is 2. The third-order valence-corrected chi connectivity index (χ3v) is 9.48. The maximum absolute atomic E-state index is 13.4. The third-order valence-electron chi connectivity index (χ3n) is 7.65. The topological polar surface area (TPSA) is 108 Å². The van der Waals surface area contributed by atoms with Gasteiger partial charge in [-0.25, -0.2) is 14.8 Å². The number of fused-ring (bicyclic) bond motifs is 2. The number of rotatable bonds is 6. The van der Waals surface area contributed by atoms with Gasteiger partial charge in [-0.2, -0.15) is 10.6 Å². The van der Waals surface area contributed by atoms with Crippen molar-refractivity contribution in [1.29, 1.82) is 0 Å². The second-order valence-corrected chi connectivity index (χ2v) is 12.3. The fourth-order valence-electron chi connectivity index (χ4n) is 5.48. The predicted molar refractivity (Wildman–Crippen MR) is 149 cm³/mol. The minimum Gasteiger partial charge on any atom is -0.481 e. The summed E-state index contributed by atoms with van der Waals surface area (Å²) in [6, 6.07) is 12.8. The zero-order valence-electron chi connectivity index (χ0n) is 21.5. The van der Waals surface area contributed by atoms with Crippen LogP contribution in [0.2, 0.25) is 0 Å². The van der Waals surface area contributed by atoms with Gasteiger partial charge in [-0.3, -0.25) is 14.0 Å². The molecule has 3 N–H and O–H groups in total. The summed E-state index contributed by atoms with van der Waals surface area (Å²) in [5.41, 5.74) is 5.51. The number of nitrogens with zero attached hydrogens (tertiary/aromatic N) is 3. The smallest absolute Gasteiger partial charge is 0.322 e. The highest BCUT2D eigenvalue weighted by molar-refractivity contribution is 8.24. The summed E-state index contributed by atoms with van der Waals surface area (Å²) in [6.07, 6.45) is 6.10. The lowest BCUT2D eigenvalue weighted by Crippen LogP contribution is -2.41. The molecule has 9 heteroatoms. The first-order valence-electron chi connectivity index (χ1n) is 12.7. The first kappa shape index (κ1) is 25.5. The molecule has 1 saturated carbocycles. The van der Waals surface area contributed by atoms with Gasteiger partial charge in [0.25, 0.3) is 0 Å². The van der Waals surface area contributed by atoms with Gasteiger partial charge in [-0.1, -0.05) is 25.0 Å². The van der Waals surface area contributed by atoms with Crippen LogP contribution in [0.3, 0.4) is 0 Å². The molecule has 0 saturated heterocycles. The van der Waals surface area contributed by atoms with Crippen molar-refractivity contribution in [1.82, 2.24) is 15.3 Å². The highest BCUT2D eigenvalue weighted by Crippen LogP contribution is 2.50. The van der Waals surface area contributed by atoms with E-state index in [4.69, 9.17) is 9.72 Å². The summed E-state index contributed by atoms with van der Waals surface area (Å²) in [6.45, 7) is 4.75. The van der Waals surface area contributed by atoms with E-state index in [1.165, 1.54) is 0 Å². The highest BCUT2D eigenvalue weighted by Gasteiger charge is 2.47. The van der Waals surface area contributed by atoms with Gasteiger partial charge in [0.15, 0.2) is 0 Å².